The van der Waals surface area contributed by atoms with Gasteiger partial charge in [0.1, 0.15) is 22.8 Å². The predicted molar refractivity (Wildman–Crippen MR) is 145 cm³/mol. The average Bonchev–Trinajstić information content (AvgIpc) is 3.52. The van der Waals surface area contributed by atoms with Gasteiger partial charge in [0, 0.05) is 28.2 Å². The molecule has 0 saturated carbocycles. The number of nitrogen functional groups attached to an aromatic ring is 3. The zero-order chi connectivity index (χ0) is 27.7. The second kappa shape index (κ2) is 10.9. The number of oxime groups is 1. The molecule has 0 aliphatic carbocycles. The summed E-state index contributed by atoms with van der Waals surface area (Å²) in [6.07, 6.45) is 3.44. The SMILES string of the molecule is Nc1ccc[n+](CC2=C(C(=O)O)N3C(=O)C(NC(=O)/C(=N\OCc4csc(N)n4)c4csc(N)n4)[C@H]3SC2)c1. The van der Waals surface area contributed by atoms with Crippen LogP contribution in [-0.2, 0) is 32.4 Å². The molecule has 39 heavy (non-hydrogen) atoms. The summed E-state index contributed by atoms with van der Waals surface area (Å²) in [6, 6.07) is 2.50. The second-order valence-corrected chi connectivity index (χ2v) is 11.3. The second-order valence-electron chi connectivity index (χ2n) is 8.39. The molecular formula is C22H22N9O5S3+. The Balaban J connectivity index is 1.32. The maximum absolute atomic E-state index is 13.2. The Morgan fingerprint density at radius 3 is 2.67 bits per heavy atom. The fraction of sp³-hybridized carbons (Fsp3) is 0.227. The number of nitrogens with two attached hydrogens (primary N) is 3. The Morgan fingerprint density at radius 1 is 1.23 bits per heavy atom. The van der Waals surface area contributed by atoms with Gasteiger partial charge in [0.25, 0.3) is 11.8 Å². The van der Waals surface area contributed by atoms with Gasteiger partial charge in [-0.3, -0.25) is 14.5 Å². The summed E-state index contributed by atoms with van der Waals surface area (Å²) in [5.74, 6) is -2.16. The van der Waals surface area contributed by atoms with Gasteiger partial charge in [-0.2, -0.15) is 4.57 Å². The molecule has 1 saturated heterocycles. The average molecular weight is 589 g/mol. The fourth-order valence-corrected chi connectivity index (χ4v) is 6.46. The van der Waals surface area contributed by atoms with Gasteiger partial charge in [-0.05, 0) is 6.07 Å². The van der Waals surface area contributed by atoms with E-state index in [4.69, 9.17) is 22.0 Å². The van der Waals surface area contributed by atoms with Crippen LogP contribution in [0.4, 0.5) is 16.0 Å². The van der Waals surface area contributed by atoms with Crippen molar-refractivity contribution in [2.45, 2.75) is 24.6 Å². The number of aromatic nitrogens is 3. The number of carboxylic acids is 1. The zero-order valence-corrected chi connectivity index (χ0v) is 22.5. The number of β-lactam (4-membered cyclic amide) rings is 1. The molecule has 0 bridgehead atoms. The first-order chi connectivity index (χ1) is 18.7. The number of thioether (sulfide) groups is 1. The zero-order valence-electron chi connectivity index (χ0n) is 20.0. The topological polar surface area (TPSA) is 216 Å². The van der Waals surface area contributed by atoms with Crippen LogP contribution in [0.25, 0.3) is 0 Å². The minimum atomic E-state index is -1.23. The van der Waals surface area contributed by atoms with E-state index in [0.29, 0.717) is 27.8 Å². The van der Waals surface area contributed by atoms with E-state index >= 15 is 0 Å². The molecule has 2 amide bonds. The van der Waals surface area contributed by atoms with E-state index < -0.39 is 29.2 Å². The van der Waals surface area contributed by atoms with Crippen molar-refractivity contribution in [1.29, 1.82) is 0 Å². The molecule has 8 N–H and O–H groups in total. The number of hydrogen-bond acceptors (Lipinski definition) is 13. The number of carbonyl (C=O) groups is 3. The van der Waals surface area contributed by atoms with E-state index in [-0.39, 0.29) is 35.4 Å². The number of rotatable bonds is 9. The number of thiazole rings is 2. The third-order valence-electron chi connectivity index (χ3n) is 5.71. The van der Waals surface area contributed by atoms with Crippen LogP contribution < -0.4 is 27.1 Å². The molecule has 5 rings (SSSR count). The van der Waals surface area contributed by atoms with Crippen molar-refractivity contribution in [3.8, 4) is 0 Å². The minimum Gasteiger partial charge on any atom is -0.477 e. The first-order valence-corrected chi connectivity index (χ1v) is 14.1. The summed E-state index contributed by atoms with van der Waals surface area (Å²) in [5, 5.41) is 19.7. The Hall–Kier alpha value is -4.22. The molecule has 0 radical (unpaired) electrons. The number of carboxylic acid groups (broad SMARTS) is 1. The smallest absolute Gasteiger partial charge is 0.352 e. The number of amides is 2. The lowest BCUT2D eigenvalue weighted by molar-refractivity contribution is -0.688. The Morgan fingerprint density at radius 2 is 2.00 bits per heavy atom. The standard InChI is InChI=1S/C22H21N9O5S3/c23-11-2-1-3-30(5-11)4-10-7-37-19-15(18(33)31(19)16(10)20(34)35)28-17(32)14(13-9-39-22(25)27-13)29-36-6-12-8-38-21(24)26-12/h1-3,5,8-9,15,19H,4,6-7,23H2,(H5-,24,25,26,27,28,32,34,35)/p+1/b29-14-/t15?,19-/m1/s1. The van der Waals surface area contributed by atoms with Crippen molar-refractivity contribution < 1.29 is 28.9 Å². The van der Waals surface area contributed by atoms with Crippen molar-refractivity contribution in [1.82, 2.24) is 20.2 Å². The monoisotopic (exact) mass is 588 g/mol. The van der Waals surface area contributed by atoms with Crippen LogP contribution in [0.5, 0.6) is 0 Å². The molecule has 14 nitrogen and oxygen atoms in total. The number of anilines is 3. The van der Waals surface area contributed by atoms with Gasteiger partial charge in [-0.1, -0.05) is 5.16 Å². The van der Waals surface area contributed by atoms with E-state index in [9.17, 15) is 19.5 Å². The number of carbonyl (C=O) groups excluding carboxylic acids is 2. The summed E-state index contributed by atoms with van der Waals surface area (Å²) in [7, 11) is 0. The van der Waals surface area contributed by atoms with Crippen LogP contribution in [-0.4, -0.2) is 60.6 Å². The van der Waals surface area contributed by atoms with Crippen LogP contribution in [0.3, 0.4) is 0 Å². The molecule has 3 aromatic rings. The first-order valence-electron chi connectivity index (χ1n) is 11.3. The molecule has 0 spiro atoms. The lowest BCUT2D eigenvalue weighted by Gasteiger charge is -2.49. The van der Waals surface area contributed by atoms with Gasteiger partial charge in [0.05, 0.1) is 11.4 Å². The van der Waals surface area contributed by atoms with Crippen molar-refractivity contribution in [3.63, 3.8) is 0 Å². The van der Waals surface area contributed by atoms with Crippen molar-refractivity contribution in [2.24, 2.45) is 5.16 Å². The summed E-state index contributed by atoms with van der Waals surface area (Å²) < 4.78 is 1.75. The van der Waals surface area contributed by atoms with Crippen LogP contribution in [0.15, 0.2) is 51.7 Å². The normalized spacial score (nSPS) is 18.9. The van der Waals surface area contributed by atoms with E-state index in [1.54, 1.807) is 34.5 Å². The van der Waals surface area contributed by atoms with Crippen LogP contribution in [0, 0.1) is 0 Å². The van der Waals surface area contributed by atoms with Crippen LogP contribution in [0.1, 0.15) is 11.4 Å². The Bertz CT molecular complexity index is 1520. The molecule has 5 heterocycles. The van der Waals surface area contributed by atoms with E-state index in [0.717, 1.165) is 11.3 Å². The van der Waals surface area contributed by atoms with Crippen molar-refractivity contribution >= 4 is 73.9 Å². The van der Waals surface area contributed by atoms with Crippen molar-refractivity contribution in [3.05, 3.63) is 57.9 Å². The molecule has 2 atom stereocenters. The lowest BCUT2D eigenvalue weighted by Crippen LogP contribution is -2.71. The highest BCUT2D eigenvalue weighted by molar-refractivity contribution is 8.00. The molecule has 0 aromatic carbocycles. The first kappa shape index (κ1) is 26.4. The predicted octanol–water partition coefficient (Wildman–Crippen LogP) is -0.00660. The molecular weight excluding hydrogens is 567 g/mol. The lowest BCUT2D eigenvalue weighted by atomic mass is 10.0. The quantitative estimate of drug-likeness (QED) is 0.0969. The maximum atomic E-state index is 13.2. The highest BCUT2D eigenvalue weighted by atomic mass is 32.2. The number of aliphatic carboxylic acids is 1. The molecule has 17 heteroatoms. The van der Waals surface area contributed by atoms with Gasteiger partial charge >= 0.3 is 5.97 Å². The van der Waals surface area contributed by atoms with E-state index in [1.807, 2.05) is 0 Å². The number of hydrogen-bond donors (Lipinski definition) is 5. The molecule has 1 unspecified atom stereocenters. The molecule has 2 aliphatic heterocycles. The van der Waals surface area contributed by atoms with Gasteiger partial charge < -0.3 is 32.5 Å². The molecule has 202 valence electrons. The Labute approximate surface area is 233 Å². The van der Waals surface area contributed by atoms with Gasteiger partial charge in [0.2, 0.25) is 0 Å². The summed E-state index contributed by atoms with van der Waals surface area (Å²) >= 11 is 3.70. The minimum absolute atomic E-state index is 0.0423. The highest BCUT2D eigenvalue weighted by Gasteiger charge is 2.54. The highest BCUT2D eigenvalue weighted by Crippen LogP contribution is 2.40. The largest absolute Gasteiger partial charge is 0.477 e. The number of nitrogens with one attached hydrogen (secondary N) is 1. The summed E-state index contributed by atoms with van der Waals surface area (Å²) in [5.41, 5.74) is 18.7. The number of pyridine rings is 1. The van der Waals surface area contributed by atoms with Gasteiger partial charge in [0.15, 0.2) is 41.5 Å². The summed E-state index contributed by atoms with van der Waals surface area (Å²) in [6.45, 7) is 0.205. The number of fused-ring (bicyclic) bond motifs is 1. The fourth-order valence-electron chi connectivity index (χ4n) is 4.03. The number of nitrogens with zero attached hydrogens (tertiary/aromatic N) is 5. The van der Waals surface area contributed by atoms with Crippen LogP contribution >= 0.6 is 34.4 Å². The van der Waals surface area contributed by atoms with Crippen LogP contribution in [0.2, 0.25) is 0 Å². The third kappa shape index (κ3) is 5.50. The maximum Gasteiger partial charge on any atom is 0.352 e. The van der Waals surface area contributed by atoms with E-state index in [2.05, 4.69) is 20.4 Å². The van der Waals surface area contributed by atoms with E-state index in [1.165, 1.54) is 33.4 Å². The molecule has 2 aliphatic rings. The van der Waals surface area contributed by atoms with Gasteiger partial charge in [-0.25, -0.2) is 14.8 Å². The molecule has 1 fully saturated rings. The molecule has 3 aromatic heterocycles. The van der Waals surface area contributed by atoms with Crippen molar-refractivity contribution in [2.75, 3.05) is 23.0 Å². The third-order valence-corrected chi connectivity index (χ3v) is 8.44. The summed E-state index contributed by atoms with van der Waals surface area (Å²) in [4.78, 5) is 53.2. The van der Waals surface area contributed by atoms with Gasteiger partial charge in [-0.15, -0.1) is 34.4 Å². The Kier molecular flexibility index (Phi) is 7.36.